The minimum absolute atomic E-state index is 0.0168. The van der Waals surface area contributed by atoms with Crippen molar-refractivity contribution in [2.75, 3.05) is 31.6 Å². The van der Waals surface area contributed by atoms with Crippen molar-refractivity contribution in [2.24, 2.45) is 7.05 Å². The number of pyridine rings is 1. The fraction of sp³-hybridized carbons (Fsp3) is 0.161. The van der Waals surface area contributed by atoms with Crippen LogP contribution in [0.1, 0.15) is 15.9 Å². The van der Waals surface area contributed by atoms with Gasteiger partial charge in [-0.1, -0.05) is 47.6 Å². The van der Waals surface area contributed by atoms with Crippen molar-refractivity contribution in [2.45, 2.75) is 10.1 Å². The number of nitriles is 1. The van der Waals surface area contributed by atoms with Crippen molar-refractivity contribution < 1.29 is 9.53 Å². The predicted octanol–water partition coefficient (Wildman–Crippen LogP) is 6.53. The highest BCUT2D eigenvalue weighted by Crippen LogP contribution is 2.36. The van der Waals surface area contributed by atoms with Crippen LogP contribution in [0.25, 0.3) is 22.0 Å². The maximum absolute atomic E-state index is 12.8. The van der Waals surface area contributed by atoms with Gasteiger partial charge in [0.05, 0.1) is 35.0 Å². The molecular weight excluding hydrogens is 556 g/mol. The van der Waals surface area contributed by atoms with E-state index in [2.05, 4.69) is 21.4 Å². The molecule has 3 aromatic carbocycles. The van der Waals surface area contributed by atoms with Gasteiger partial charge in [-0.15, -0.1) is 0 Å². The summed E-state index contributed by atoms with van der Waals surface area (Å²) in [5.41, 5.74) is 5.18. The van der Waals surface area contributed by atoms with Gasteiger partial charge in [-0.2, -0.15) is 5.26 Å². The van der Waals surface area contributed by atoms with Gasteiger partial charge < -0.3 is 19.5 Å². The standard InChI is InChI=1S/C31H25ClN6O2S/c1-37-11-10-34-31(37)41-28-9-7-24(17-26(28)32)36-29-23(18-33)19-35-27-16-22(6-8-25(27)29)20-2-4-21(5-3-20)30(39)38-12-14-40-15-13-38/h2-11,16-17,19H,12-15H2,1H3,(H,35,36). The highest BCUT2D eigenvalue weighted by molar-refractivity contribution is 7.99. The first-order chi connectivity index (χ1) is 20.0. The molecule has 1 saturated heterocycles. The molecule has 10 heteroatoms. The quantitative estimate of drug-likeness (QED) is 0.244. The molecule has 8 nitrogen and oxygen atoms in total. The summed E-state index contributed by atoms with van der Waals surface area (Å²) < 4.78 is 7.29. The first-order valence-corrected chi connectivity index (χ1v) is 14.2. The summed E-state index contributed by atoms with van der Waals surface area (Å²) in [5.74, 6) is 0.0168. The first kappa shape index (κ1) is 26.8. The summed E-state index contributed by atoms with van der Waals surface area (Å²) >= 11 is 8.10. The van der Waals surface area contributed by atoms with Crippen molar-refractivity contribution >= 4 is 51.5 Å². The maximum Gasteiger partial charge on any atom is 0.254 e. The number of carbonyl (C=O) groups excluding carboxylic acids is 1. The lowest BCUT2D eigenvalue weighted by Gasteiger charge is -2.26. The molecule has 204 valence electrons. The van der Waals surface area contributed by atoms with Gasteiger partial charge in [-0.3, -0.25) is 9.78 Å². The molecule has 6 rings (SSSR count). The third-order valence-corrected chi connectivity index (χ3v) is 8.51. The molecule has 1 aliphatic heterocycles. The third-order valence-electron chi connectivity index (χ3n) is 6.93. The Morgan fingerprint density at radius 2 is 1.83 bits per heavy atom. The van der Waals surface area contributed by atoms with Crippen LogP contribution < -0.4 is 5.32 Å². The third kappa shape index (κ3) is 5.63. The second kappa shape index (κ2) is 11.6. The Morgan fingerprint density at radius 1 is 1.05 bits per heavy atom. The lowest BCUT2D eigenvalue weighted by Crippen LogP contribution is -2.40. The van der Waals surface area contributed by atoms with Crippen LogP contribution in [0.3, 0.4) is 0 Å². The number of fused-ring (bicyclic) bond motifs is 1. The van der Waals surface area contributed by atoms with E-state index < -0.39 is 0 Å². The number of rotatable bonds is 6. The van der Waals surface area contributed by atoms with Crippen molar-refractivity contribution in [3.8, 4) is 17.2 Å². The zero-order chi connectivity index (χ0) is 28.3. The van der Waals surface area contributed by atoms with Gasteiger partial charge >= 0.3 is 0 Å². The van der Waals surface area contributed by atoms with Crippen molar-refractivity contribution in [3.05, 3.63) is 95.4 Å². The van der Waals surface area contributed by atoms with Gasteiger partial charge in [-0.25, -0.2) is 4.98 Å². The number of imidazole rings is 1. The topological polar surface area (TPSA) is 96.1 Å². The van der Waals surface area contributed by atoms with E-state index in [1.54, 1.807) is 12.4 Å². The van der Waals surface area contributed by atoms with Crippen LogP contribution in [0.15, 0.2) is 89.3 Å². The maximum atomic E-state index is 12.8. The number of nitrogens with one attached hydrogen (secondary N) is 1. The lowest BCUT2D eigenvalue weighted by molar-refractivity contribution is 0.0303. The molecule has 0 radical (unpaired) electrons. The monoisotopic (exact) mass is 580 g/mol. The number of nitrogens with zero attached hydrogens (tertiary/aromatic N) is 5. The molecule has 0 atom stereocenters. The number of amides is 1. The van der Waals surface area contributed by atoms with Crippen LogP contribution in [-0.2, 0) is 11.8 Å². The van der Waals surface area contributed by atoms with Crippen LogP contribution in [0.4, 0.5) is 11.4 Å². The van der Waals surface area contributed by atoms with Crippen LogP contribution in [0.5, 0.6) is 0 Å². The summed E-state index contributed by atoms with van der Waals surface area (Å²) in [6.07, 6.45) is 5.21. The van der Waals surface area contributed by atoms with Gasteiger partial charge in [0.15, 0.2) is 5.16 Å². The Kier molecular flexibility index (Phi) is 7.61. The second-order valence-electron chi connectivity index (χ2n) is 9.57. The molecule has 1 fully saturated rings. The summed E-state index contributed by atoms with van der Waals surface area (Å²) in [6, 6.07) is 21.5. The number of aryl methyl sites for hydroxylation is 1. The summed E-state index contributed by atoms with van der Waals surface area (Å²) in [4.78, 5) is 24.4. The van der Waals surface area contributed by atoms with Crippen molar-refractivity contribution in [1.29, 1.82) is 5.26 Å². The van der Waals surface area contributed by atoms with Gasteiger partial charge in [0, 0.05) is 60.3 Å². The fourth-order valence-corrected chi connectivity index (χ4v) is 5.81. The van der Waals surface area contributed by atoms with Gasteiger partial charge in [0.25, 0.3) is 5.91 Å². The molecule has 1 N–H and O–H groups in total. The minimum atomic E-state index is 0.0168. The minimum Gasteiger partial charge on any atom is -0.378 e. The zero-order valence-electron chi connectivity index (χ0n) is 22.2. The number of benzene rings is 3. The van der Waals surface area contributed by atoms with E-state index >= 15 is 0 Å². The summed E-state index contributed by atoms with van der Waals surface area (Å²) in [5, 5.41) is 15.4. The van der Waals surface area contributed by atoms with Crippen LogP contribution >= 0.6 is 23.4 Å². The van der Waals surface area contributed by atoms with E-state index in [9.17, 15) is 10.1 Å². The highest BCUT2D eigenvalue weighted by atomic mass is 35.5. The van der Waals surface area contributed by atoms with Gasteiger partial charge in [0.2, 0.25) is 0 Å². The largest absolute Gasteiger partial charge is 0.378 e. The molecule has 2 aromatic heterocycles. The fourth-order valence-electron chi connectivity index (χ4n) is 4.70. The van der Waals surface area contributed by atoms with Crippen LogP contribution in [-0.4, -0.2) is 51.6 Å². The average Bonchev–Trinajstić information content (AvgIpc) is 3.42. The molecule has 1 amide bonds. The molecule has 1 aliphatic rings. The number of aromatic nitrogens is 3. The first-order valence-electron chi connectivity index (χ1n) is 13.0. The molecule has 5 aromatic rings. The molecule has 0 spiro atoms. The Morgan fingerprint density at radius 3 is 2.54 bits per heavy atom. The second-order valence-corrected chi connectivity index (χ2v) is 11.0. The number of carbonyl (C=O) groups is 1. The molecule has 0 saturated carbocycles. The SMILES string of the molecule is Cn1ccnc1Sc1ccc(Nc2c(C#N)cnc3cc(-c4ccc(C(=O)N5CCOCC5)cc4)ccc23)cc1Cl. The normalized spacial score (nSPS) is 13.2. The Balaban J connectivity index is 1.25. The zero-order valence-corrected chi connectivity index (χ0v) is 23.7. The number of anilines is 2. The average molecular weight is 581 g/mol. The lowest BCUT2D eigenvalue weighted by atomic mass is 10.0. The van der Waals surface area contributed by atoms with E-state index in [4.69, 9.17) is 16.3 Å². The number of halogens is 1. The summed E-state index contributed by atoms with van der Waals surface area (Å²) in [7, 11) is 1.94. The van der Waals surface area contributed by atoms with E-state index in [0.717, 1.165) is 37.8 Å². The van der Waals surface area contributed by atoms with Gasteiger partial charge in [-0.05, 0) is 47.5 Å². The van der Waals surface area contributed by atoms with E-state index in [1.165, 1.54) is 11.8 Å². The van der Waals surface area contributed by atoms with E-state index in [-0.39, 0.29) is 5.91 Å². The highest BCUT2D eigenvalue weighted by Gasteiger charge is 2.19. The molecular formula is C31H25ClN6O2S. The molecule has 0 unspecified atom stereocenters. The molecule has 0 aliphatic carbocycles. The Bertz CT molecular complexity index is 1790. The number of hydrogen-bond acceptors (Lipinski definition) is 7. The number of morpholine rings is 1. The van der Waals surface area contributed by atoms with Crippen LogP contribution in [0, 0.1) is 11.3 Å². The predicted molar refractivity (Wildman–Crippen MR) is 161 cm³/mol. The Hall–Kier alpha value is -4.36. The van der Waals surface area contributed by atoms with Gasteiger partial charge in [0.1, 0.15) is 6.07 Å². The molecule has 3 heterocycles. The number of ether oxygens (including phenoxy) is 1. The van der Waals surface area contributed by atoms with Crippen molar-refractivity contribution in [1.82, 2.24) is 19.4 Å². The van der Waals surface area contributed by atoms with Crippen molar-refractivity contribution in [3.63, 3.8) is 0 Å². The molecule has 0 bridgehead atoms. The van der Waals surface area contributed by atoms with Crippen LogP contribution in [0.2, 0.25) is 5.02 Å². The Labute approximate surface area is 246 Å². The molecule has 41 heavy (non-hydrogen) atoms. The van der Waals surface area contributed by atoms with E-state index in [1.807, 2.05) is 83.4 Å². The van der Waals surface area contributed by atoms with E-state index in [0.29, 0.717) is 48.1 Å². The number of hydrogen-bond donors (Lipinski definition) is 1. The summed E-state index contributed by atoms with van der Waals surface area (Å²) in [6.45, 7) is 2.36. The smallest absolute Gasteiger partial charge is 0.254 e.